The third-order valence-corrected chi connectivity index (χ3v) is 4.34. The van der Waals surface area contributed by atoms with Crippen LogP contribution < -0.4 is 5.32 Å². The molecule has 1 aliphatic rings. The molecular formula is C16H32N2O2. The van der Waals surface area contributed by atoms with E-state index in [9.17, 15) is 9.90 Å². The number of carboxylic acids is 1. The Morgan fingerprint density at radius 1 is 1.40 bits per heavy atom. The minimum absolute atomic E-state index is 0.279. The van der Waals surface area contributed by atoms with Crippen LogP contribution in [-0.2, 0) is 4.79 Å². The number of hydrogen-bond acceptors (Lipinski definition) is 3. The number of hydrogen-bond donors (Lipinski definition) is 2. The van der Waals surface area contributed by atoms with E-state index in [1.54, 1.807) is 0 Å². The third-order valence-electron chi connectivity index (χ3n) is 4.34. The molecule has 0 spiro atoms. The Labute approximate surface area is 123 Å². The largest absolute Gasteiger partial charge is 0.480 e. The summed E-state index contributed by atoms with van der Waals surface area (Å²) in [6.07, 6.45) is 4.26. The zero-order chi connectivity index (χ0) is 15.3. The minimum atomic E-state index is -0.827. The maximum Gasteiger partial charge on any atom is 0.323 e. The molecule has 0 aliphatic heterocycles. The summed E-state index contributed by atoms with van der Waals surface area (Å²) in [4.78, 5) is 14.1. The Bertz CT molecular complexity index is 316. The van der Waals surface area contributed by atoms with Gasteiger partial charge in [-0.15, -0.1) is 0 Å². The average molecular weight is 284 g/mol. The highest BCUT2D eigenvalue weighted by atomic mass is 16.4. The van der Waals surface area contributed by atoms with E-state index in [0.717, 1.165) is 25.4 Å². The van der Waals surface area contributed by atoms with Crippen molar-refractivity contribution in [3.8, 4) is 0 Å². The first-order chi connectivity index (χ1) is 9.30. The number of aliphatic carboxylic acids is 1. The van der Waals surface area contributed by atoms with E-state index in [2.05, 4.69) is 37.9 Å². The number of carboxylic acid groups (broad SMARTS) is 1. The van der Waals surface area contributed by atoms with Crippen molar-refractivity contribution in [2.24, 2.45) is 5.92 Å². The van der Waals surface area contributed by atoms with Gasteiger partial charge in [0.2, 0.25) is 0 Å². The minimum Gasteiger partial charge on any atom is -0.480 e. The van der Waals surface area contributed by atoms with Gasteiger partial charge in [-0.25, -0.2) is 0 Å². The Hall–Kier alpha value is -0.610. The lowest BCUT2D eigenvalue weighted by Crippen LogP contribution is -2.54. The summed E-state index contributed by atoms with van der Waals surface area (Å²) in [5.74, 6) is 0.0902. The molecule has 0 heterocycles. The summed E-state index contributed by atoms with van der Waals surface area (Å²) in [7, 11) is 0. The molecule has 1 fully saturated rings. The van der Waals surface area contributed by atoms with Crippen molar-refractivity contribution in [1.29, 1.82) is 0 Å². The summed E-state index contributed by atoms with van der Waals surface area (Å²) in [6.45, 7) is 12.3. The normalized spacial score (nSPS) is 20.1. The molecule has 0 aromatic rings. The summed E-state index contributed by atoms with van der Waals surface area (Å²) in [5.41, 5.74) is -0.827. The van der Waals surface area contributed by atoms with Crippen LogP contribution in [0.1, 0.15) is 60.3 Å². The number of nitrogens with zero attached hydrogens (tertiary/aromatic N) is 1. The van der Waals surface area contributed by atoms with Gasteiger partial charge in [0, 0.05) is 18.6 Å². The maximum absolute atomic E-state index is 11.6. The molecule has 0 radical (unpaired) electrons. The fraction of sp³-hybridized carbons (Fsp3) is 0.938. The molecule has 0 bridgehead atoms. The molecule has 1 rings (SSSR count). The highest BCUT2D eigenvalue weighted by Gasteiger charge is 2.37. The fourth-order valence-corrected chi connectivity index (χ4v) is 2.84. The van der Waals surface area contributed by atoms with Crippen LogP contribution in [0.2, 0.25) is 0 Å². The average Bonchev–Trinajstić information content (AvgIpc) is 3.16. The van der Waals surface area contributed by atoms with Gasteiger partial charge in [-0.1, -0.05) is 6.92 Å². The zero-order valence-electron chi connectivity index (χ0n) is 13.8. The van der Waals surface area contributed by atoms with E-state index in [1.165, 1.54) is 12.8 Å². The predicted octanol–water partition coefficient (Wildman–Crippen LogP) is 2.73. The topological polar surface area (TPSA) is 52.6 Å². The molecule has 2 unspecified atom stereocenters. The molecule has 4 nitrogen and oxygen atoms in total. The van der Waals surface area contributed by atoms with E-state index in [-0.39, 0.29) is 6.04 Å². The van der Waals surface area contributed by atoms with E-state index in [0.29, 0.717) is 12.5 Å². The predicted molar refractivity (Wildman–Crippen MR) is 83.0 cm³/mol. The lowest BCUT2D eigenvalue weighted by molar-refractivity contribution is -0.145. The second-order valence-electron chi connectivity index (χ2n) is 6.85. The van der Waals surface area contributed by atoms with E-state index in [1.807, 2.05) is 6.92 Å². The second kappa shape index (κ2) is 7.41. The summed E-state index contributed by atoms with van der Waals surface area (Å²) >= 11 is 0. The van der Waals surface area contributed by atoms with Crippen molar-refractivity contribution in [3.05, 3.63) is 0 Å². The van der Waals surface area contributed by atoms with Gasteiger partial charge < -0.3 is 10.4 Å². The lowest BCUT2D eigenvalue weighted by atomic mass is 9.92. The maximum atomic E-state index is 11.6. The van der Waals surface area contributed by atoms with Gasteiger partial charge in [-0.2, -0.15) is 0 Å². The van der Waals surface area contributed by atoms with Crippen LogP contribution in [0, 0.1) is 5.92 Å². The van der Waals surface area contributed by atoms with Gasteiger partial charge in [0.1, 0.15) is 5.54 Å². The smallest absolute Gasteiger partial charge is 0.323 e. The SMILES string of the molecule is CCCNC(C)(CC(C)N(CC1CC1)C(C)C)C(=O)O. The first-order valence-corrected chi connectivity index (χ1v) is 8.04. The van der Waals surface area contributed by atoms with Crippen molar-refractivity contribution in [2.75, 3.05) is 13.1 Å². The molecule has 0 saturated heterocycles. The molecule has 1 saturated carbocycles. The number of rotatable bonds is 10. The second-order valence-corrected chi connectivity index (χ2v) is 6.85. The van der Waals surface area contributed by atoms with Crippen molar-refractivity contribution in [3.63, 3.8) is 0 Å². The molecule has 118 valence electrons. The third kappa shape index (κ3) is 5.06. The quantitative estimate of drug-likeness (QED) is 0.647. The molecular weight excluding hydrogens is 252 g/mol. The summed E-state index contributed by atoms with van der Waals surface area (Å²) in [6, 6.07) is 0.746. The van der Waals surface area contributed by atoms with Gasteiger partial charge in [0.05, 0.1) is 0 Å². The number of nitrogens with one attached hydrogen (secondary N) is 1. The molecule has 2 N–H and O–H groups in total. The first kappa shape index (κ1) is 17.4. The Balaban J connectivity index is 2.66. The zero-order valence-corrected chi connectivity index (χ0v) is 13.8. The molecule has 4 heteroatoms. The summed E-state index contributed by atoms with van der Waals surface area (Å²) in [5, 5.41) is 12.8. The van der Waals surface area contributed by atoms with Crippen LogP contribution in [0.5, 0.6) is 0 Å². The van der Waals surface area contributed by atoms with Gasteiger partial charge >= 0.3 is 5.97 Å². The van der Waals surface area contributed by atoms with E-state index >= 15 is 0 Å². The van der Waals surface area contributed by atoms with Gasteiger partial charge in [-0.3, -0.25) is 9.69 Å². The van der Waals surface area contributed by atoms with Gasteiger partial charge in [0.15, 0.2) is 0 Å². The van der Waals surface area contributed by atoms with E-state index < -0.39 is 11.5 Å². The first-order valence-electron chi connectivity index (χ1n) is 8.04. The van der Waals surface area contributed by atoms with Crippen LogP contribution in [0.25, 0.3) is 0 Å². The van der Waals surface area contributed by atoms with Crippen molar-refractivity contribution < 1.29 is 9.90 Å². The number of carbonyl (C=O) groups is 1. The van der Waals surface area contributed by atoms with Crippen LogP contribution >= 0.6 is 0 Å². The lowest BCUT2D eigenvalue weighted by Gasteiger charge is -2.37. The standard InChI is InChI=1S/C16H32N2O2/c1-6-9-17-16(5,15(19)20)10-13(4)18(12(2)3)11-14-7-8-14/h12-14,17H,6-11H2,1-5H3,(H,19,20). The highest BCUT2D eigenvalue weighted by molar-refractivity contribution is 5.78. The van der Waals surface area contributed by atoms with Crippen LogP contribution in [-0.4, -0.2) is 46.7 Å². The Kier molecular flexibility index (Phi) is 6.46. The molecule has 1 aliphatic carbocycles. The Morgan fingerprint density at radius 2 is 2.00 bits per heavy atom. The fourth-order valence-electron chi connectivity index (χ4n) is 2.84. The summed E-state index contributed by atoms with van der Waals surface area (Å²) < 4.78 is 0. The van der Waals surface area contributed by atoms with Gasteiger partial charge in [-0.05, 0) is 65.8 Å². The molecule has 2 atom stereocenters. The highest BCUT2D eigenvalue weighted by Crippen LogP contribution is 2.32. The molecule has 0 aromatic heterocycles. The van der Waals surface area contributed by atoms with Crippen molar-refractivity contribution in [2.45, 2.75) is 77.9 Å². The molecule has 20 heavy (non-hydrogen) atoms. The van der Waals surface area contributed by atoms with Crippen LogP contribution in [0.15, 0.2) is 0 Å². The molecule has 0 aromatic carbocycles. The van der Waals surface area contributed by atoms with Gasteiger partial charge in [0.25, 0.3) is 0 Å². The monoisotopic (exact) mass is 284 g/mol. The molecule has 0 amide bonds. The van der Waals surface area contributed by atoms with Crippen molar-refractivity contribution >= 4 is 5.97 Å². The van der Waals surface area contributed by atoms with E-state index in [4.69, 9.17) is 0 Å². The Morgan fingerprint density at radius 3 is 2.40 bits per heavy atom. The van der Waals surface area contributed by atoms with Crippen LogP contribution in [0.3, 0.4) is 0 Å². The van der Waals surface area contributed by atoms with Crippen molar-refractivity contribution in [1.82, 2.24) is 10.2 Å². The van der Waals surface area contributed by atoms with Crippen LogP contribution in [0.4, 0.5) is 0 Å².